The number of hydrogen-bond donors (Lipinski definition) is 2. The van der Waals surface area contributed by atoms with Crippen molar-refractivity contribution < 1.29 is 5.11 Å². The van der Waals surface area contributed by atoms with Crippen LogP contribution in [0, 0.1) is 5.41 Å². The predicted octanol–water partition coefficient (Wildman–Crippen LogP) is 1.46. The maximum absolute atomic E-state index is 9.15. The molecule has 2 aromatic rings. The zero-order valence-electron chi connectivity index (χ0n) is 10.0. The fraction of sp³-hybridized carbons (Fsp3) is 0.417. The van der Waals surface area contributed by atoms with Crippen LogP contribution in [0.2, 0.25) is 0 Å². The van der Waals surface area contributed by atoms with Crippen molar-refractivity contribution in [3.8, 4) is 0 Å². The van der Waals surface area contributed by atoms with Gasteiger partial charge in [0.05, 0.1) is 5.52 Å². The highest BCUT2D eigenvalue weighted by molar-refractivity contribution is 5.73. The van der Waals surface area contributed by atoms with Crippen LogP contribution in [0.3, 0.4) is 0 Å². The van der Waals surface area contributed by atoms with Gasteiger partial charge in [-0.25, -0.2) is 4.98 Å². The van der Waals surface area contributed by atoms with Gasteiger partial charge in [0.2, 0.25) is 5.95 Å². The fourth-order valence-corrected chi connectivity index (χ4v) is 1.33. The molecule has 0 fully saturated rings. The van der Waals surface area contributed by atoms with Crippen molar-refractivity contribution in [1.82, 2.24) is 15.2 Å². The van der Waals surface area contributed by atoms with Crippen LogP contribution in [0.4, 0.5) is 5.95 Å². The summed E-state index contributed by atoms with van der Waals surface area (Å²) in [6, 6.07) is 7.59. The quantitative estimate of drug-likeness (QED) is 0.835. The minimum Gasteiger partial charge on any atom is -0.396 e. The zero-order chi connectivity index (χ0) is 12.3. The second kappa shape index (κ2) is 4.63. The van der Waals surface area contributed by atoms with Crippen LogP contribution >= 0.6 is 0 Å². The average molecular weight is 232 g/mol. The van der Waals surface area contributed by atoms with Gasteiger partial charge in [0.15, 0.2) is 0 Å². The number of aromatic nitrogens is 3. The van der Waals surface area contributed by atoms with Crippen molar-refractivity contribution in [1.29, 1.82) is 0 Å². The number of benzene rings is 1. The van der Waals surface area contributed by atoms with Gasteiger partial charge in [0.25, 0.3) is 0 Å². The van der Waals surface area contributed by atoms with E-state index in [2.05, 4.69) is 20.5 Å². The zero-order valence-corrected chi connectivity index (χ0v) is 10.0. The molecular weight excluding hydrogens is 216 g/mol. The van der Waals surface area contributed by atoms with Gasteiger partial charge in [0, 0.05) is 18.6 Å². The molecule has 17 heavy (non-hydrogen) atoms. The molecule has 0 amide bonds. The summed E-state index contributed by atoms with van der Waals surface area (Å²) >= 11 is 0. The number of hydrogen-bond acceptors (Lipinski definition) is 5. The number of nitrogens with zero attached hydrogens (tertiary/aromatic N) is 3. The Morgan fingerprint density at radius 3 is 2.59 bits per heavy atom. The van der Waals surface area contributed by atoms with Gasteiger partial charge in [-0.3, -0.25) is 0 Å². The Balaban J connectivity index is 2.14. The first kappa shape index (κ1) is 11.7. The molecule has 2 rings (SSSR count). The molecule has 90 valence electrons. The van der Waals surface area contributed by atoms with Crippen LogP contribution in [-0.4, -0.2) is 33.4 Å². The van der Waals surface area contributed by atoms with Crippen molar-refractivity contribution in [2.75, 3.05) is 18.5 Å². The highest BCUT2D eigenvalue weighted by Crippen LogP contribution is 2.14. The van der Waals surface area contributed by atoms with Crippen molar-refractivity contribution >= 4 is 17.0 Å². The van der Waals surface area contributed by atoms with Crippen LogP contribution in [0.5, 0.6) is 0 Å². The van der Waals surface area contributed by atoms with Gasteiger partial charge in [-0.05, 0) is 12.1 Å². The molecule has 0 aliphatic rings. The van der Waals surface area contributed by atoms with Gasteiger partial charge in [-0.1, -0.05) is 26.0 Å². The Bertz CT molecular complexity index is 513. The van der Waals surface area contributed by atoms with E-state index in [0.717, 1.165) is 11.0 Å². The maximum Gasteiger partial charge on any atom is 0.243 e. The summed E-state index contributed by atoms with van der Waals surface area (Å²) in [5.41, 5.74) is 1.39. The number of aliphatic hydroxyl groups excluding tert-OH is 1. The van der Waals surface area contributed by atoms with E-state index < -0.39 is 0 Å². The third-order valence-electron chi connectivity index (χ3n) is 2.51. The topological polar surface area (TPSA) is 70.9 Å². The number of anilines is 1. The monoisotopic (exact) mass is 232 g/mol. The summed E-state index contributed by atoms with van der Waals surface area (Å²) in [5.74, 6) is 0.491. The fourth-order valence-electron chi connectivity index (χ4n) is 1.33. The van der Waals surface area contributed by atoms with E-state index in [-0.39, 0.29) is 12.0 Å². The molecule has 0 saturated carbocycles. The molecule has 0 radical (unpaired) electrons. The summed E-state index contributed by atoms with van der Waals surface area (Å²) in [6.07, 6.45) is 0. The molecule has 2 N–H and O–H groups in total. The summed E-state index contributed by atoms with van der Waals surface area (Å²) in [7, 11) is 0. The Morgan fingerprint density at radius 2 is 1.88 bits per heavy atom. The molecule has 0 bridgehead atoms. The van der Waals surface area contributed by atoms with Gasteiger partial charge < -0.3 is 10.4 Å². The van der Waals surface area contributed by atoms with Gasteiger partial charge in [-0.2, -0.15) is 0 Å². The number of fused-ring (bicyclic) bond motifs is 1. The highest BCUT2D eigenvalue weighted by atomic mass is 16.3. The maximum atomic E-state index is 9.15. The molecule has 0 saturated heterocycles. The lowest BCUT2D eigenvalue weighted by Crippen LogP contribution is -2.27. The second-order valence-electron chi connectivity index (χ2n) is 4.80. The Labute approximate surface area is 99.9 Å². The molecule has 5 nitrogen and oxygen atoms in total. The van der Waals surface area contributed by atoms with E-state index in [9.17, 15) is 0 Å². The van der Waals surface area contributed by atoms with Gasteiger partial charge >= 0.3 is 0 Å². The molecule has 0 spiro atoms. The minimum atomic E-state index is -0.199. The van der Waals surface area contributed by atoms with Gasteiger partial charge in [0.1, 0.15) is 5.52 Å². The van der Waals surface area contributed by atoms with Crippen LogP contribution < -0.4 is 5.32 Å². The molecule has 0 aliphatic heterocycles. The lowest BCUT2D eigenvalue weighted by atomic mass is 9.95. The normalized spacial score (nSPS) is 11.7. The minimum absolute atomic E-state index is 0.112. The van der Waals surface area contributed by atoms with E-state index in [4.69, 9.17) is 5.11 Å². The first-order valence-corrected chi connectivity index (χ1v) is 5.55. The lowest BCUT2D eigenvalue weighted by Gasteiger charge is -2.21. The standard InChI is InChI=1S/C12H16N4O/c1-12(2,8-17)7-13-11-14-9-5-3-4-6-10(9)15-16-11/h3-6,17H,7-8H2,1-2H3,(H,13,14,16). The van der Waals surface area contributed by atoms with Gasteiger partial charge in [-0.15, -0.1) is 10.2 Å². The molecule has 1 heterocycles. The number of nitrogens with one attached hydrogen (secondary N) is 1. The van der Waals surface area contributed by atoms with E-state index >= 15 is 0 Å². The number of para-hydroxylation sites is 1. The van der Waals surface area contributed by atoms with Crippen LogP contribution in [0.15, 0.2) is 24.3 Å². The number of aliphatic hydroxyl groups is 1. The second-order valence-corrected chi connectivity index (χ2v) is 4.80. The summed E-state index contributed by atoms with van der Waals surface area (Å²) in [5, 5.41) is 20.3. The molecule has 0 atom stereocenters. The molecule has 0 aliphatic carbocycles. The predicted molar refractivity (Wildman–Crippen MR) is 66.7 cm³/mol. The van der Waals surface area contributed by atoms with Crippen molar-refractivity contribution in [2.45, 2.75) is 13.8 Å². The van der Waals surface area contributed by atoms with Crippen molar-refractivity contribution in [3.63, 3.8) is 0 Å². The van der Waals surface area contributed by atoms with Crippen LogP contribution in [0.25, 0.3) is 11.0 Å². The van der Waals surface area contributed by atoms with Crippen LogP contribution in [-0.2, 0) is 0 Å². The summed E-state index contributed by atoms with van der Waals surface area (Å²) < 4.78 is 0. The summed E-state index contributed by atoms with van der Waals surface area (Å²) in [6.45, 7) is 4.65. The molecule has 1 aromatic carbocycles. The Morgan fingerprint density at radius 1 is 1.18 bits per heavy atom. The van der Waals surface area contributed by atoms with Crippen molar-refractivity contribution in [2.24, 2.45) is 5.41 Å². The van der Waals surface area contributed by atoms with Crippen molar-refractivity contribution in [3.05, 3.63) is 24.3 Å². The van der Waals surface area contributed by atoms with E-state index in [1.54, 1.807) is 0 Å². The van der Waals surface area contributed by atoms with Crippen LogP contribution in [0.1, 0.15) is 13.8 Å². The summed E-state index contributed by atoms with van der Waals surface area (Å²) in [4.78, 5) is 4.35. The molecular formula is C12H16N4O. The average Bonchev–Trinajstić information content (AvgIpc) is 2.36. The first-order valence-electron chi connectivity index (χ1n) is 5.55. The first-order chi connectivity index (χ1) is 8.11. The molecule has 5 heteroatoms. The van der Waals surface area contributed by atoms with E-state index in [1.807, 2.05) is 38.1 Å². The van der Waals surface area contributed by atoms with E-state index in [0.29, 0.717) is 12.5 Å². The Kier molecular flexibility index (Phi) is 3.19. The SMILES string of the molecule is CC(C)(CO)CNc1nnc2ccccc2n1. The number of rotatable bonds is 4. The third-order valence-corrected chi connectivity index (χ3v) is 2.51. The smallest absolute Gasteiger partial charge is 0.243 e. The lowest BCUT2D eigenvalue weighted by molar-refractivity contribution is 0.170. The van der Waals surface area contributed by atoms with E-state index in [1.165, 1.54) is 0 Å². The Hall–Kier alpha value is -1.75. The largest absolute Gasteiger partial charge is 0.396 e. The highest BCUT2D eigenvalue weighted by Gasteiger charge is 2.16. The molecule has 0 unspecified atom stereocenters. The third kappa shape index (κ3) is 2.88. The molecule has 1 aromatic heterocycles.